The summed E-state index contributed by atoms with van der Waals surface area (Å²) >= 11 is 0. The first-order valence-corrected chi connectivity index (χ1v) is 8.79. The molecular weight excluding hydrogens is 336 g/mol. The highest BCUT2D eigenvalue weighted by Gasteiger charge is 2.64. The maximum Gasteiger partial charge on any atom is 0.334 e. The van der Waals surface area contributed by atoms with Gasteiger partial charge in [0.15, 0.2) is 5.78 Å². The maximum absolute atomic E-state index is 12.8. The lowest BCUT2D eigenvalue weighted by atomic mass is 9.67. The number of carbonyl (C=O) groups is 3. The minimum absolute atomic E-state index is 0.124. The van der Waals surface area contributed by atoms with E-state index in [1.807, 2.05) is 6.92 Å². The summed E-state index contributed by atoms with van der Waals surface area (Å²) in [5.41, 5.74) is -0.576. The molecule has 3 aliphatic rings. The average molecular weight is 360 g/mol. The molecular formula is C20H24O6. The molecule has 0 amide bonds. The zero-order valence-corrected chi connectivity index (χ0v) is 15.4. The fourth-order valence-corrected chi connectivity index (χ4v) is 4.44. The Bertz CT molecular complexity index is 747. The van der Waals surface area contributed by atoms with E-state index < -0.39 is 41.6 Å². The second-order valence-electron chi connectivity index (χ2n) is 7.60. The van der Waals surface area contributed by atoms with Gasteiger partial charge < -0.3 is 14.6 Å². The number of esters is 2. The first-order valence-electron chi connectivity index (χ1n) is 8.79. The van der Waals surface area contributed by atoms with Gasteiger partial charge in [0.25, 0.3) is 0 Å². The molecule has 0 aromatic heterocycles. The molecule has 6 heteroatoms. The predicted molar refractivity (Wildman–Crippen MR) is 92.7 cm³/mol. The van der Waals surface area contributed by atoms with Gasteiger partial charge in [-0.1, -0.05) is 25.7 Å². The third-order valence-electron chi connectivity index (χ3n) is 6.29. The van der Waals surface area contributed by atoms with E-state index in [1.54, 1.807) is 32.9 Å². The zero-order valence-electron chi connectivity index (χ0n) is 15.4. The Morgan fingerprint density at radius 3 is 2.69 bits per heavy atom. The Balaban J connectivity index is 2.14. The van der Waals surface area contributed by atoms with Gasteiger partial charge in [-0.15, -0.1) is 0 Å². The Morgan fingerprint density at radius 2 is 2.08 bits per heavy atom. The molecule has 1 heterocycles. The molecule has 26 heavy (non-hydrogen) atoms. The normalized spacial score (nSPS) is 42.2. The van der Waals surface area contributed by atoms with Crippen LogP contribution < -0.4 is 0 Å². The van der Waals surface area contributed by atoms with E-state index in [4.69, 9.17) is 9.47 Å². The SMILES string of the molecule is C=C1C(=O)O[C@@H]2[C@H](O)[C@@H](C)[C@@H]3C=CC(=O)[C@@]3(C)[C@@H](OC(=O)/C(C)=C\C)[C@H]12. The van der Waals surface area contributed by atoms with Crippen LogP contribution in [0.25, 0.3) is 0 Å². The molecule has 0 unspecified atom stereocenters. The van der Waals surface area contributed by atoms with E-state index in [1.165, 1.54) is 6.08 Å². The summed E-state index contributed by atoms with van der Waals surface area (Å²) in [4.78, 5) is 37.4. The van der Waals surface area contributed by atoms with Crippen molar-refractivity contribution in [2.75, 3.05) is 0 Å². The molecule has 1 N–H and O–H groups in total. The molecule has 1 saturated heterocycles. The van der Waals surface area contributed by atoms with Crippen LogP contribution in [-0.4, -0.2) is 41.1 Å². The molecule has 0 radical (unpaired) electrons. The van der Waals surface area contributed by atoms with Crippen LogP contribution in [0.5, 0.6) is 0 Å². The van der Waals surface area contributed by atoms with Crippen molar-refractivity contribution in [2.24, 2.45) is 23.2 Å². The number of aliphatic hydroxyl groups excluding tert-OH is 1. The van der Waals surface area contributed by atoms with Gasteiger partial charge in [-0.25, -0.2) is 9.59 Å². The van der Waals surface area contributed by atoms with Gasteiger partial charge in [0.05, 0.1) is 17.4 Å². The van der Waals surface area contributed by atoms with Crippen molar-refractivity contribution in [3.8, 4) is 0 Å². The molecule has 1 saturated carbocycles. The van der Waals surface area contributed by atoms with Gasteiger partial charge in [0.1, 0.15) is 12.2 Å². The van der Waals surface area contributed by atoms with Crippen LogP contribution in [0.1, 0.15) is 27.7 Å². The van der Waals surface area contributed by atoms with E-state index in [9.17, 15) is 19.5 Å². The molecule has 3 rings (SSSR count). The predicted octanol–water partition coefficient (Wildman–Crippen LogP) is 1.73. The second-order valence-corrected chi connectivity index (χ2v) is 7.60. The van der Waals surface area contributed by atoms with Crippen molar-refractivity contribution in [2.45, 2.75) is 46.0 Å². The number of aliphatic hydroxyl groups is 1. The monoisotopic (exact) mass is 360 g/mol. The van der Waals surface area contributed by atoms with Crippen LogP contribution >= 0.6 is 0 Å². The summed E-state index contributed by atoms with van der Waals surface area (Å²) in [5, 5.41) is 10.8. The van der Waals surface area contributed by atoms with Gasteiger partial charge in [0.2, 0.25) is 0 Å². The van der Waals surface area contributed by atoms with Crippen LogP contribution in [0.3, 0.4) is 0 Å². The third-order valence-corrected chi connectivity index (χ3v) is 6.29. The standard InChI is InChI=1S/C20H24O6/c1-6-9(2)18(23)26-17-14-11(4)19(24)25-16(14)15(22)10(3)12-7-8-13(21)20(12,17)5/h6-8,10,12,14-17,22H,4H2,1-3,5H3/b9-6-/t10-,12-,14+,15+,16-,17-,20-/m0/s1. The Labute approximate surface area is 152 Å². The molecule has 140 valence electrons. The second kappa shape index (κ2) is 6.20. The van der Waals surface area contributed by atoms with Crippen LogP contribution in [-0.2, 0) is 23.9 Å². The van der Waals surface area contributed by atoms with E-state index in [-0.39, 0.29) is 23.2 Å². The van der Waals surface area contributed by atoms with Crippen molar-refractivity contribution in [1.82, 2.24) is 0 Å². The maximum atomic E-state index is 12.8. The van der Waals surface area contributed by atoms with E-state index >= 15 is 0 Å². The van der Waals surface area contributed by atoms with Crippen molar-refractivity contribution < 1.29 is 29.0 Å². The minimum atomic E-state index is -1.10. The lowest BCUT2D eigenvalue weighted by Crippen LogP contribution is -2.49. The molecule has 0 spiro atoms. The fraction of sp³-hybridized carbons (Fsp3) is 0.550. The number of hydrogen-bond acceptors (Lipinski definition) is 6. The number of hydrogen-bond donors (Lipinski definition) is 1. The van der Waals surface area contributed by atoms with Gasteiger partial charge >= 0.3 is 11.9 Å². The first kappa shape index (κ1) is 18.6. The summed E-state index contributed by atoms with van der Waals surface area (Å²) in [6.07, 6.45) is 2.00. The largest absolute Gasteiger partial charge is 0.457 e. The molecule has 2 fully saturated rings. The third kappa shape index (κ3) is 2.39. The van der Waals surface area contributed by atoms with Crippen LogP contribution in [0.4, 0.5) is 0 Å². The topological polar surface area (TPSA) is 89.9 Å². The lowest BCUT2D eigenvalue weighted by Gasteiger charge is -2.39. The quantitative estimate of drug-likeness (QED) is 0.596. The number of fused-ring (bicyclic) bond motifs is 2. The average Bonchev–Trinajstić information content (AvgIpc) is 3.06. The molecule has 7 atom stereocenters. The van der Waals surface area contributed by atoms with Crippen molar-refractivity contribution in [3.05, 3.63) is 36.0 Å². The highest BCUT2D eigenvalue weighted by molar-refractivity contribution is 5.99. The highest BCUT2D eigenvalue weighted by atomic mass is 16.6. The number of allylic oxidation sites excluding steroid dienone is 3. The summed E-state index contributed by atoms with van der Waals surface area (Å²) in [6, 6.07) is 0. The number of ketones is 1. The van der Waals surface area contributed by atoms with Crippen molar-refractivity contribution in [3.63, 3.8) is 0 Å². The Hall–Kier alpha value is -2.21. The number of carbonyl (C=O) groups excluding carboxylic acids is 3. The summed E-state index contributed by atoms with van der Waals surface area (Å²) in [6.45, 7) is 10.7. The number of rotatable bonds is 2. The molecule has 0 bridgehead atoms. The van der Waals surface area contributed by atoms with Crippen molar-refractivity contribution in [1.29, 1.82) is 0 Å². The van der Waals surface area contributed by atoms with Gasteiger partial charge in [0, 0.05) is 11.1 Å². The zero-order chi connectivity index (χ0) is 19.4. The van der Waals surface area contributed by atoms with Crippen molar-refractivity contribution >= 4 is 17.7 Å². The fourth-order valence-electron chi connectivity index (χ4n) is 4.44. The van der Waals surface area contributed by atoms with Gasteiger partial charge in [-0.05, 0) is 38.7 Å². The molecule has 6 nitrogen and oxygen atoms in total. The number of ether oxygens (including phenoxy) is 2. The summed E-state index contributed by atoms with van der Waals surface area (Å²) in [5.74, 6) is -2.86. The van der Waals surface area contributed by atoms with Crippen LogP contribution in [0.15, 0.2) is 36.0 Å². The van der Waals surface area contributed by atoms with E-state index in [0.717, 1.165) is 0 Å². The molecule has 2 aliphatic carbocycles. The smallest absolute Gasteiger partial charge is 0.334 e. The van der Waals surface area contributed by atoms with E-state index in [0.29, 0.717) is 5.57 Å². The molecule has 1 aliphatic heterocycles. The molecule has 0 aromatic rings. The highest BCUT2D eigenvalue weighted by Crippen LogP contribution is 2.54. The Morgan fingerprint density at radius 1 is 1.42 bits per heavy atom. The van der Waals surface area contributed by atoms with Crippen LogP contribution in [0.2, 0.25) is 0 Å². The van der Waals surface area contributed by atoms with Gasteiger partial charge in [-0.2, -0.15) is 0 Å². The summed E-state index contributed by atoms with van der Waals surface area (Å²) < 4.78 is 11.1. The Kier molecular flexibility index (Phi) is 4.43. The first-order chi connectivity index (χ1) is 12.1. The van der Waals surface area contributed by atoms with Gasteiger partial charge in [-0.3, -0.25) is 4.79 Å². The minimum Gasteiger partial charge on any atom is -0.457 e. The van der Waals surface area contributed by atoms with E-state index in [2.05, 4.69) is 6.58 Å². The summed E-state index contributed by atoms with van der Waals surface area (Å²) in [7, 11) is 0. The molecule has 0 aromatic carbocycles. The van der Waals surface area contributed by atoms with Crippen LogP contribution in [0, 0.1) is 23.2 Å². The lowest BCUT2D eigenvalue weighted by molar-refractivity contribution is -0.161.